The predicted molar refractivity (Wildman–Crippen MR) is 72.1 cm³/mol. The third kappa shape index (κ3) is 5.16. The Morgan fingerprint density at radius 1 is 1.42 bits per heavy atom. The van der Waals surface area contributed by atoms with Crippen molar-refractivity contribution in [2.45, 2.75) is 18.9 Å². The number of halogens is 2. The summed E-state index contributed by atoms with van der Waals surface area (Å²) < 4.78 is 26.8. The zero-order chi connectivity index (χ0) is 14.3. The number of rotatable bonds is 7. The number of hydrogen-bond donors (Lipinski definition) is 2. The molecule has 0 heterocycles. The molecule has 0 spiro atoms. The van der Waals surface area contributed by atoms with Crippen LogP contribution in [0.5, 0.6) is 0 Å². The Morgan fingerprint density at radius 2 is 2.05 bits per heavy atom. The van der Waals surface area contributed by atoms with Crippen molar-refractivity contribution in [1.82, 2.24) is 5.32 Å². The van der Waals surface area contributed by atoms with E-state index >= 15 is 0 Å². The Kier molecular flexibility index (Phi) is 6.80. The Morgan fingerprint density at radius 3 is 2.58 bits per heavy atom. The zero-order valence-corrected chi connectivity index (χ0v) is 11.5. The normalized spacial score (nSPS) is 12.2. The molecule has 3 nitrogen and oxygen atoms in total. The van der Waals surface area contributed by atoms with Gasteiger partial charge in [-0.3, -0.25) is 4.79 Å². The van der Waals surface area contributed by atoms with Gasteiger partial charge in [0.05, 0.1) is 6.42 Å². The second kappa shape index (κ2) is 8.12. The topological polar surface area (TPSA) is 49.3 Å². The smallest absolute Gasteiger partial charge is 0.224 e. The number of carbonyl (C=O) groups excluding carboxylic acids is 1. The van der Waals surface area contributed by atoms with Gasteiger partial charge in [-0.05, 0) is 24.8 Å². The first-order valence-corrected chi connectivity index (χ1v) is 7.30. The highest BCUT2D eigenvalue weighted by Crippen LogP contribution is 2.13. The molecule has 1 aromatic carbocycles. The number of nitrogens with one attached hydrogen (secondary N) is 1. The van der Waals surface area contributed by atoms with E-state index in [1.54, 1.807) is 0 Å². The van der Waals surface area contributed by atoms with E-state index in [9.17, 15) is 13.6 Å². The van der Waals surface area contributed by atoms with Crippen LogP contribution in [0.25, 0.3) is 0 Å². The lowest BCUT2D eigenvalue weighted by Gasteiger charge is -2.16. The van der Waals surface area contributed by atoms with Crippen LogP contribution in [0.2, 0.25) is 0 Å². The Bertz CT molecular complexity index is 403. The molecule has 1 atom stereocenters. The van der Waals surface area contributed by atoms with Crippen LogP contribution in [0.3, 0.4) is 0 Å². The quantitative estimate of drug-likeness (QED) is 0.804. The molecular formula is C13H17F2NO2S. The van der Waals surface area contributed by atoms with Crippen LogP contribution in [0.1, 0.15) is 12.0 Å². The lowest BCUT2D eigenvalue weighted by molar-refractivity contribution is -0.121. The van der Waals surface area contributed by atoms with Crippen LogP contribution in [0, 0.1) is 11.6 Å². The lowest BCUT2D eigenvalue weighted by Crippen LogP contribution is -2.38. The summed E-state index contributed by atoms with van der Waals surface area (Å²) in [5, 5.41) is 11.5. The average Bonchev–Trinajstić information content (AvgIpc) is 2.35. The maximum Gasteiger partial charge on any atom is 0.224 e. The van der Waals surface area contributed by atoms with Crippen molar-refractivity contribution in [3.8, 4) is 0 Å². The molecule has 1 amide bonds. The highest BCUT2D eigenvalue weighted by Gasteiger charge is 2.16. The summed E-state index contributed by atoms with van der Waals surface area (Å²) in [4.78, 5) is 11.7. The lowest BCUT2D eigenvalue weighted by atomic mass is 10.1. The van der Waals surface area contributed by atoms with E-state index in [1.807, 2.05) is 6.26 Å². The third-order valence-electron chi connectivity index (χ3n) is 2.61. The summed E-state index contributed by atoms with van der Waals surface area (Å²) in [6.45, 7) is -0.0421. The molecule has 1 unspecified atom stereocenters. The molecule has 0 aliphatic rings. The van der Waals surface area contributed by atoms with Gasteiger partial charge in [-0.15, -0.1) is 0 Å². The van der Waals surface area contributed by atoms with Crippen molar-refractivity contribution < 1.29 is 18.7 Å². The first-order valence-electron chi connectivity index (χ1n) is 5.90. The summed E-state index contributed by atoms with van der Waals surface area (Å²) in [6.07, 6.45) is 1.97. The van der Waals surface area contributed by atoms with Gasteiger partial charge in [0.2, 0.25) is 5.91 Å². The van der Waals surface area contributed by atoms with E-state index in [-0.39, 0.29) is 24.6 Å². The van der Waals surface area contributed by atoms with Gasteiger partial charge in [0.15, 0.2) is 0 Å². The Balaban J connectivity index is 2.63. The van der Waals surface area contributed by atoms with Gasteiger partial charge in [-0.25, -0.2) is 8.78 Å². The number of carbonyl (C=O) groups is 1. The van der Waals surface area contributed by atoms with E-state index in [2.05, 4.69) is 5.32 Å². The molecule has 0 saturated heterocycles. The number of aliphatic hydroxyl groups excluding tert-OH is 1. The molecule has 0 aliphatic heterocycles. The van der Waals surface area contributed by atoms with Crippen LogP contribution in [-0.2, 0) is 11.2 Å². The highest BCUT2D eigenvalue weighted by molar-refractivity contribution is 7.98. The van der Waals surface area contributed by atoms with Crippen molar-refractivity contribution in [1.29, 1.82) is 0 Å². The SMILES string of the molecule is CSCC(CCO)NC(=O)Cc1c(F)cccc1F. The zero-order valence-electron chi connectivity index (χ0n) is 10.7. The monoisotopic (exact) mass is 289 g/mol. The molecule has 0 fully saturated rings. The minimum absolute atomic E-state index is 0.0421. The number of hydrogen-bond acceptors (Lipinski definition) is 3. The molecule has 0 aliphatic carbocycles. The molecule has 0 saturated carbocycles. The van der Waals surface area contributed by atoms with Gasteiger partial charge in [0.1, 0.15) is 11.6 Å². The fourth-order valence-electron chi connectivity index (χ4n) is 1.69. The summed E-state index contributed by atoms with van der Waals surface area (Å²) >= 11 is 1.53. The van der Waals surface area contributed by atoms with Gasteiger partial charge in [-0.1, -0.05) is 6.07 Å². The third-order valence-corrected chi connectivity index (χ3v) is 3.35. The van der Waals surface area contributed by atoms with Crippen LogP contribution in [0.4, 0.5) is 8.78 Å². The maximum absolute atomic E-state index is 13.4. The second-order valence-corrected chi connectivity index (χ2v) is 5.02. The van der Waals surface area contributed by atoms with Gasteiger partial charge in [-0.2, -0.15) is 11.8 Å². The summed E-state index contributed by atoms with van der Waals surface area (Å²) in [7, 11) is 0. The predicted octanol–water partition coefficient (Wildman–Crippen LogP) is 1.74. The van der Waals surface area contributed by atoms with Crippen molar-refractivity contribution in [2.24, 2.45) is 0 Å². The summed E-state index contributed by atoms with van der Waals surface area (Å²) in [5.74, 6) is -1.25. The van der Waals surface area contributed by atoms with E-state index in [4.69, 9.17) is 5.11 Å². The van der Waals surface area contributed by atoms with Crippen molar-refractivity contribution in [3.63, 3.8) is 0 Å². The van der Waals surface area contributed by atoms with E-state index in [1.165, 1.54) is 17.8 Å². The molecule has 1 rings (SSSR count). The summed E-state index contributed by atoms with van der Waals surface area (Å²) in [5.41, 5.74) is -0.230. The fourth-order valence-corrected chi connectivity index (χ4v) is 2.35. The second-order valence-electron chi connectivity index (χ2n) is 4.11. The average molecular weight is 289 g/mol. The standard InChI is InChI=1S/C13H17F2NO2S/c1-19-8-9(5-6-17)16-13(18)7-10-11(14)3-2-4-12(10)15/h2-4,9,17H,5-8H2,1H3,(H,16,18). The fraction of sp³-hybridized carbons (Fsp3) is 0.462. The Hall–Kier alpha value is -1.14. The van der Waals surface area contributed by atoms with Crippen LogP contribution >= 0.6 is 11.8 Å². The largest absolute Gasteiger partial charge is 0.396 e. The van der Waals surface area contributed by atoms with E-state index in [0.717, 1.165) is 12.1 Å². The molecule has 1 aromatic rings. The van der Waals surface area contributed by atoms with E-state index < -0.39 is 17.5 Å². The summed E-state index contributed by atoms with van der Waals surface area (Å²) in [6, 6.07) is 3.31. The molecule has 2 N–H and O–H groups in total. The minimum Gasteiger partial charge on any atom is -0.396 e. The van der Waals surface area contributed by atoms with Gasteiger partial charge < -0.3 is 10.4 Å². The molecule has 0 aromatic heterocycles. The number of aliphatic hydroxyl groups is 1. The maximum atomic E-state index is 13.4. The highest BCUT2D eigenvalue weighted by atomic mass is 32.2. The molecule has 19 heavy (non-hydrogen) atoms. The number of thioether (sulfide) groups is 1. The molecular weight excluding hydrogens is 272 g/mol. The van der Waals surface area contributed by atoms with E-state index in [0.29, 0.717) is 12.2 Å². The number of amides is 1. The minimum atomic E-state index is -0.723. The van der Waals surface area contributed by atoms with Crippen LogP contribution < -0.4 is 5.32 Å². The first kappa shape index (κ1) is 15.9. The van der Waals surface area contributed by atoms with Crippen LogP contribution in [-0.4, -0.2) is 35.7 Å². The molecule has 6 heteroatoms. The molecule has 106 valence electrons. The van der Waals surface area contributed by atoms with Crippen molar-refractivity contribution in [3.05, 3.63) is 35.4 Å². The van der Waals surface area contributed by atoms with Gasteiger partial charge in [0, 0.05) is 24.0 Å². The van der Waals surface area contributed by atoms with Crippen molar-refractivity contribution in [2.75, 3.05) is 18.6 Å². The molecule has 0 radical (unpaired) electrons. The molecule has 0 bridgehead atoms. The van der Waals surface area contributed by atoms with Gasteiger partial charge >= 0.3 is 0 Å². The first-order chi connectivity index (χ1) is 9.08. The van der Waals surface area contributed by atoms with Gasteiger partial charge in [0.25, 0.3) is 0 Å². The Labute approximate surface area is 115 Å². The van der Waals surface area contributed by atoms with Crippen LogP contribution in [0.15, 0.2) is 18.2 Å². The number of benzene rings is 1. The van der Waals surface area contributed by atoms with Crippen molar-refractivity contribution >= 4 is 17.7 Å².